The first-order valence-electron chi connectivity index (χ1n) is 8.98. The van der Waals surface area contributed by atoms with Gasteiger partial charge in [-0.25, -0.2) is 9.37 Å². The van der Waals surface area contributed by atoms with Gasteiger partial charge in [0.15, 0.2) is 0 Å². The van der Waals surface area contributed by atoms with Crippen LogP contribution >= 0.6 is 0 Å². The second-order valence-electron chi connectivity index (χ2n) is 6.53. The minimum absolute atomic E-state index is 0.283. The molecule has 26 heavy (non-hydrogen) atoms. The van der Waals surface area contributed by atoms with E-state index >= 15 is 0 Å². The number of imidazole rings is 1. The van der Waals surface area contributed by atoms with E-state index in [9.17, 15) is 9.18 Å². The first-order valence-corrected chi connectivity index (χ1v) is 8.98. The largest absolute Gasteiger partial charge is 0.372 e. The molecule has 3 heterocycles. The summed E-state index contributed by atoms with van der Waals surface area (Å²) in [7, 11) is 0. The fourth-order valence-corrected chi connectivity index (χ4v) is 3.48. The Morgan fingerprint density at radius 3 is 2.58 bits per heavy atom. The maximum atomic E-state index is 13.6. The molecule has 0 radical (unpaired) electrons. The molecule has 4 rings (SSSR count). The highest BCUT2D eigenvalue weighted by atomic mass is 19.1. The van der Waals surface area contributed by atoms with E-state index in [0.29, 0.717) is 29.1 Å². The molecule has 0 aliphatic carbocycles. The summed E-state index contributed by atoms with van der Waals surface area (Å²) < 4.78 is 15.1. The van der Waals surface area contributed by atoms with Crippen LogP contribution in [-0.4, -0.2) is 28.4 Å². The van der Waals surface area contributed by atoms with Crippen molar-refractivity contribution in [3.63, 3.8) is 0 Å². The van der Waals surface area contributed by atoms with E-state index in [1.807, 2.05) is 31.2 Å². The molecule has 0 bridgehead atoms. The van der Waals surface area contributed by atoms with Gasteiger partial charge in [-0.1, -0.05) is 6.92 Å². The van der Waals surface area contributed by atoms with Gasteiger partial charge in [-0.2, -0.15) is 0 Å². The number of hydrogen-bond donors (Lipinski definition) is 1. The Bertz CT molecular complexity index is 942. The minimum Gasteiger partial charge on any atom is -0.372 e. The monoisotopic (exact) mass is 352 g/mol. The van der Waals surface area contributed by atoms with Gasteiger partial charge in [-0.05, 0) is 55.7 Å². The number of fused-ring (bicyclic) bond motifs is 1. The summed E-state index contributed by atoms with van der Waals surface area (Å²) in [6.07, 6.45) is 4.35. The van der Waals surface area contributed by atoms with Crippen LogP contribution in [0.1, 0.15) is 35.9 Å². The number of nitrogens with one attached hydrogen (secondary N) is 1. The Balaban J connectivity index is 1.60. The second-order valence-corrected chi connectivity index (χ2v) is 6.53. The molecule has 1 aliphatic rings. The topological polar surface area (TPSA) is 49.6 Å². The van der Waals surface area contributed by atoms with Crippen molar-refractivity contribution in [3.8, 4) is 0 Å². The van der Waals surface area contributed by atoms with E-state index in [-0.39, 0.29) is 5.91 Å². The highest BCUT2D eigenvalue weighted by molar-refractivity contribution is 6.04. The molecular weight excluding hydrogens is 331 g/mol. The molecule has 2 aromatic heterocycles. The molecule has 0 unspecified atom stereocenters. The number of halogens is 1. The molecule has 1 N–H and O–H groups in total. The fourth-order valence-electron chi connectivity index (χ4n) is 3.48. The minimum atomic E-state index is -0.401. The summed E-state index contributed by atoms with van der Waals surface area (Å²) in [5.74, 6) is -0.685. The molecule has 1 saturated heterocycles. The van der Waals surface area contributed by atoms with Gasteiger partial charge in [0.25, 0.3) is 5.91 Å². The van der Waals surface area contributed by atoms with Gasteiger partial charge in [0.2, 0.25) is 0 Å². The zero-order valence-corrected chi connectivity index (χ0v) is 14.7. The summed E-state index contributed by atoms with van der Waals surface area (Å²) >= 11 is 0. The highest BCUT2D eigenvalue weighted by Crippen LogP contribution is 2.23. The standard InChI is InChI=1S/C20H21FN4O/c1-2-17-19(25-13-14(21)5-10-18(25)23-17)20(26)22-15-6-8-16(9-7-15)24-11-3-4-12-24/h5-10,13H,2-4,11-12H2,1H3,(H,22,26). The molecule has 0 spiro atoms. The average Bonchev–Trinajstić information content (AvgIpc) is 3.29. The van der Waals surface area contributed by atoms with Crippen LogP contribution in [0.15, 0.2) is 42.6 Å². The van der Waals surface area contributed by atoms with Gasteiger partial charge in [-0.15, -0.1) is 0 Å². The third kappa shape index (κ3) is 3.03. The van der Waals surface area contributed by atoms with Crippen molar-refractivity contribution in [3.05, 3.63) is 59.8 Å². The maximum absolute atomic E-state index is 13.6. The van der Waals surface area contributed by atoms with Gasteiger partial charge < -0.3 is 10.2 Å². The molecule has 1 aromatic carbocycles. The van der Waals surface area contributed by atoms with Gasteiger partial charge in [-0.3, -0.25) is 9.20 Å². The number of carbonyl (C=O) groups excluding carboxylic acids is 1. The van der Waals surface area contributed by atoms with Crippen molar-refractivity contribution < 1.29 is 9.18 Å². The Hall–Kier alpha value is -2.89. The van der Waals surface area contributed by atoms with Crippen LogP contribution in [0.3, 0.4) is 0 Å². The van der Waals surface area contributed by atoms with Crippen LogP contribution in [0.25, 0.3) is 5.65 Å². The molecule has 1 amide bonds. The lowest BCUT2D eigenvalue weighted by molar-refractivity contribution is 0.102. The Labute approximate surface area is 151 Å². The number of anilines is 2. The number of aryl methyl sites for hydroxylation is 1. The van der Waals surface area contributed by atoms with E-state index in [2.05, 4.69) is 15.2 Å². The predicted octanol–water partition coefficient (Wildman–Crippen LogP) is 3.89. The number of amides is 1. The maximum Gasteiger partial charge on any atom is 0.274 e. The van der Waals surface area contributed by atoms with Crippen molar-refractivity contribution in [1.29, 1.82) is 0 Å². The molecular formula is C20H21FN4O. The number of pyridine rings is 1. The lowest BCUT2D eigenvalue weighted by atomic mass is 10.2. The molecule has 1 aliphatic heterocycles. The van der Waals surface area contributed by atoms with E-state index in [4.69, 9.17) is 0 Å². The van der Waals surface area contributed by atoms with Crippen molar-refractivity contribution in [1.82, 2.24) is 9.38 Å². The van der Waals surface area contributed by atoms with Crippen molar-refractivity contribution in [2.45, 2.75) is 26.2 Å². The van der Waals surface area contributed by atoms with Crippen LogP contribution in [0, 0.1) is 5.82 Å². The average molecular weight is 352 g/mol. The quantitative estimate of drug-likeness (QED) is 0.775. The molecule has 6 heteroatoms. The van der Waals surface area contributed by atoms with Crippen LogP contribution in [0.2, 0.25) is 0 Å². The number of aromatic nitrogens is 2. The van der Waals surface area contributed by atoms with Gasteiger partial charge in [0.1, 0.15) is 17.2 Å². The highest BCUT2D eigenvalue weighted by Gasteiger charge is 2.19. The number of hydrogen-bond acceptors (Lipinski definition) is 3. The zero-order valence-electron chi connectivity index (χ0n) is 14.7. The number of rotatable bonds is 4. The summed E-state index contributed by atoms with van der Waals surface area (Å²) in [6.45, 7) is 4.09. The zero-order chi connectivity index (χ0) is 18.1. The van der Waals surface area contributed by atoms with E-state index in [1.165, 1.54) is 35.2 Å². The SMILES string of the molecule is CCc1nc2ccc(F)cn2c1C(=O)Nc1ccc(N2CCCC2)cc1. The molecule has 0 saturated carbocycles. The van der Waals surface area contributed by atoms with Crippen LogP contribution in [0.4, 0.5) is 15.8 Å². The summed E-state index contributed by atoms with van der Waals surface area (Å²) in [5, 5.41) is 2.91. The lowest BCUT2D eigenvalue weighted by Crippen LogP contribution is -2.18. The van der Waals surface area contributed by atoms with E-state index in [0.717, 1.165) is 13.1 Å². The normalized spacial score (nSPS) is 14.2. The fraction of sp³-hybridized carbons (Fsp3) is 0.300. The third-order valence-electron chi connectivity index (χ3n) is 4.80. The summed E-state index contributed by atoms with van der Waals surface area (Å²) in [4.78, 5) is 19.6. The molecule has 5 nitrogen and oxygen atoms in total. The smallest absolute Gasteiger partial charge is 0.274 e. The first kappa shape index (κ1) is 16.6. The number of carbonyl (C=O) groups is 1. The van der Waals surface area contributed by atoms with Gasteiger partial charge in [0, 0.05) is 30.7 Å². The number of benzene rings is 1. The number of nitrogens with zero attached hydrogens (tertiary/aromatic N) is 3. The second kappa shape index (κ2) is 6.78. The Kier molecular flexibility index (Phi) is 4.32. The third-order valence-corrected chi connectivity index (χ3v) is 4.80. The lowest BCUT2D eigenvalue weighted by Gasteiger charge is -2.17. The molecule has 134 valence electrons. The van der Waals surface area contributed by atoms with Gasteiger partial charge >= 0.3 is 0 Å². The molecule has 1 fully saturated rings. The van der Waals surface area contributed by atoms with Crippen molar-refractivity contribution in [2.24, 2.45) is 0 Å². The van der Waals surface area contributed by atoms with E-state index in [1.54, 1.807) is 6.07 Å². The van der Waals surface area contributed by atoms with Crippen molar-refractivity contribution >= 4 is 22.9 Å². The van der Waals surface area contributed by atoms with Crippen LogP contribution < -0.4 is 10.2 Å². The predicted molar refractivity (Wildman–Crippen MR) is 100 cm³/mol. The van der Waals surface area contributed by atoms with E-state index < -0.39 is 5.82 Å². The van der Waals surface area contributed by atoms with Crippen LogP contribution in [-0.2, 0) is 6.42 Å². The molecule has 0 atom stereocenters. The van der Waals surface area contributed by atoms with Gasteiger partial charge in [0.05, 0.1) is 5.69 Å². The van der Waals surface area contributed by atoms with Crippen LogP contribution in [0.5, 0.6) is 0 Å². The Morgan fingerprint density at radius 1 is 1.15 bits per heavy atom. The van der Waals surface area contributed by atoms with Crippen molar-refractivity contribution in [2.75, 3.05) is 23.3 Å². The Morgan fingerprint density at radius 2 is 1.88 bits per heavy atom. The molecule has 3 aromatic rings. The first-order chi connectivity index (χ1) is 12.7. The summed E-state index contributed by atoms with van der Waals surface area (Å²) in [6, 6.07) is 10.8. The summed E-state index contributed by atoms with van der Waals surface area (Å²) in [5.41, 5.74) is 3.49.